The van der Waals surface area contributed by atoms with Crippen LogP contribution >= 0.6 is 0 Å². The summed E-state index contributed by atoms with van der Waals surface area (Å²) < 4.78 is 23.7. The Kier molecular flexibility index (Phi) is 13.2. The third-order valence-electron chi connectivity index (χ3n) is 9.87. The van der Waals surface area contributed by atoms with Gasteiger partial charge in [-0.25, -0.2) is 9.59 Å². The minimum Gasteiger partial charge on any atom is -0.459 e. The van der Waals surface area contributed by atoms with Crippen LogP contribution in [0.5, 0.6) is 0 Å². The predicted molar refractivity (Wildman–Crippen MR) is 185 cm³/mol. The van der Waals surface area contributed by atoms with E-state index in [0.29, 0.717) is 38.4 Å². The van der Waals surface area contributed by atoms with E-state index in [9.17, 15) is 19.2 Å². The molecular formula is C36H58BN3O8. The van der Waals surface area contributed by atoms with Crippen LogP contribution < -0.4 is 10.6 Å². The number of unbranched alkanes of at least 4 members (excludes halogenated alkanes) is 1. The number of ether oxygens (including phenoxy) is 2. The molecule has 3 rings (SSSR count). The van der Waals surface area contributed by atoms with E-state index in [1.165, 1.54) is 6.92 Å². The van der Waals surface area contributed by atoms with Crippen molar-refractivity contribution in [3.63, 3.8) is 0 Å². The van der Waals surface area contributed by atoms with Gasteiger partial charge in [-0.15, -0.1) is 0 Å². The first-order valence-electron chi connectivity index (χ1n) is 17.4. The van der Waals surface area contributed by atoms with Crippen molar-refractivity contribution < 1.29 is 38.0 Å². The summed E-state index contributed by atoms with van der Waals surface area (Å²) in [5.41, 5.74) is -2.06. The normalized spacial score (nSPS) is 23.2. The fraction of sp³-hybridized carbons (Fsp3) is 0.722. The monoisotopic (exact) mass is 671 g/mol. The quantitative estimate of drug-likeness (QED) is 0.153. The fourth-order valence-electron chi connectivity index (χ4n) is 6.33. The molecule has 11 nitrogen and oxygen atoms in total. The van der Waals surface area contributed by atoms with Crippen LogP contribution in [0.4, 0.5) is 4.79 Å². The summed E-state index contributed by atoms with van der Waals surface area (Å²) in [6, 6.07) is 8.13. The van der Waals surface area contributed by atoms with Crippen molar-refractivity contribution in [3.8, 4) is 0 Å². The highest BCUT2D eigenvalue weighted by molar-refractivity contribution is 6.45. The van der Waals surface area contributed by atoms with E-state index in [2.05, 4.69) is 10.6 Å². The van der Waals surface area contributed by atoms with Gasteiger partial charge in [0.25, 0.3) is 0 Å². The summed E-state index contributed by atoms with van der Waals surface area (Å²) in [5, 5.41) is 5.85. The summed E-state index contributed by atoms with van der Waals surface area (Å²) in [6.07, 6.45) is 2.89. The summed E-state index contributed by atoms with van der Waals surface area (Å²) >= 11 is 0. The zero-order valence-electron chi connectivity index (χ0n) is 30.8. The number of rotatable bonds is 13. The van der Waals surface area contributed by atoms with Gasteiger partial charge >= 0.3 is 19.2 Å². The molecule has 0 aliphatic carbocycles. The second-order valence-corrected chi connectivity index (χ2v) is 15.4. The molecule has 2 N–H and O–H groups in total. The van der Waals surface area contributed by atoms with Crippen LogP contribution in [0.25, 0.3) is 0 Å². The van der Waals surface area contributed by atoms with Crippen LogP contribution in [-0.4, -0.2) is 76.9 Å². The molecule has 1 aromatic carbocycles. The minimum atomic E-state index is -1.29. The molecule has 4 atom stereocenters. The van der Waals surface area contributed by atoms with Gasteiger partial charge in [0.1, 0.15) is 23.8 Å². The van der Waals surface area contributed by atoms with Crippen LogP contribution in [0.1, 0.15) is 113 Å². The molecule has 0 saturated carbocycles. The highest BCUT2D eigenvalue weighted by Crippen LogP contribution is 2.39. The smallest absolute Gasteiger partial charge is 0.457 e. The van der Waals surface area contributed by atoms with Crippen LogP contribution in [0.3, 0.4) is 0 Å². The van der Waals surface area contributed by atoms with Gasteiger partial charge in [0, 0.05) is 25.9 Å². The molecule has 0 unspecified atom stereocenters. The molecule has 2 aliphatic rings. The van der Waals surface area contributed by atoms with Gasteiger partial charge in [-0.3, -0.25) is 9.59 Å². The fourth-order valence-corrected chi connectivity index (χ4v) is 6.33. The molecule has 268 valence electrons. The lowest BCUT2D eigenvalue weighted by atomic mass is 9.77. The van der Waals surface area contributed by atoms with Crippen molar-refractivity contribution >= 4 is 31.0 Å². The number of hydrogen-bond donors (Lipinski definition) is 2. The Morgan fingerprint density at radius 2 is 1.67 bits per heavy atom. The van der Waals surface area contributed by atoms with Gasteiger partial charge in [-0.2, -0.15) is 0 Å². The van der Waals surface area contributed by atoms with Crippen molar-refractivity contribution in [2.24, 2.45) is 5.92 Å². The Morgan fingerprint density at radius 1 is 1.04 bits per heavy atom. The number of likely N-dealkylation sites (tertiary alicyclic amines) is 1. The van der Waals surface area contributed by atoms with E-state index in [1.54, 1.807) is 25.7 Å². The van der Waals surface area contributed by atoms with Crippen LogP contribution in [0, 0.1) is 5.92 Å². The molecule has 0 bridgehead atoms. The lowest BCUT2D eigenvalue weighted by Crippen LogP contribution is -2.65. The Hall–Kier alpha value is -3.12. The molecule has 2 fully saturated rings. The van der Waals surface area contributed by atoms with Crippen molar-refractivity contribution in [2.45, 2.75) is 155 Å². The maximum absolute atomic E-state index is 14.2. The zero-order chi connectivity index (χ0) is 35.9. The van der Waals surface area contributed by atoms with E-state index < -0.39 is 46.5 Å². The van der Waals surface area contributed by atoms with Gasteiger partial charge in [-0.05, 0) is 79.1 Å². The first-order valence-corrected chi connectivity index (χ1v) is 17.4. The molecule has 12 heteroatoms. The molecule has 2 saturated heterocycles. The van der Waals surface area contributed by atoms with Crippen LogP contribution in [0.15, 0.2) is 30.3 Å². The van der Waals surface area contributed by atoms with Crippen molar-refractivity contribution in [3.05, 3.63) is 35.9 Å². The lowest BCUT2D eigenvalue weighted by Gasteiger charge is -2.48. The van der Waals surface area contributed by atoms with E-state index in [0.717, 1.165) is 5.56 Å². The average Bonchev–Trinajstić information content (AvgIpc) is 3.21. The standard InChI is InChI=1S/C36H58BN3O8/c1-11-25(2)29(39-32(44)46-33(4,5)6)30(42)38-28-19-22-40(26(3)41)36(23-28,31(43)45-24-27-17-13-12-14-18-27)20-15-16-21-37-47-34(7,8)35(9,10)48-37/h12-14,17-18,25,28-29H,11,15-16,19-24H2,1-10H3,(H,38,42)(H,39,44)/t25-,28-,29-,36+/m0/s1. The first kappa shape index (κ1) is 39.3. The van der Waals surface area contributed by atoms with E-state index >= 15 is 0 Å². The van der Waals surface area contributed by atoms with Gasteiger partial charge < -0.3 is 34.3 Å². The number of piperidine rings is 1. The minimum absolute atomic E-state index is 0.0635. The topological polar surface area (TPSA) is 132 Å². The number of amides is 3. The number of alkyl carbamates (subject to hydrolysis) is 1. The average molecular weight is 672 g/mol. The molecule has 2 aliphatic heterocycles. The Bertz CT molecular complexity index is 1250. The highest BCUT2D eigenvalue weighted by Gasteiger charge is 2.52. The summed E-state index contributed by atoms with van der Waals surface area (Å²) in [6.45, 7) is 19.0. The number of esters is 1. The number of carbonyl (C=O) groups excluding carboxylic acids is 4. The third kappa shape index (κ3) is 10.2. The van der Waals surface area contributed by atoms with Gasteiger partial charge in [0.05, 0.1) is 11.2 Å². The third-order valence-corrected chi connectivity index (χ3v) is 9.87. The Balaban J connectivity index is 1.82. The van der Waals surface area contributed by atoms with Gasteiger partial charge in [0.2, 0.25) is 11.8 Å². The van der Waals surface area contributed by atoms with Crippen LogP contribution in [0.2, 0.25) is 6.32 Å². The molecule has 0 spiro atoms. The summed E-state index contributed by atoms with van der Waals surface area (Å²) in [7, 11) is -0.367. The molecule has 48 heavy (non-hydrogen) atoms. The summed E-state index contributed by atoms with van der Waals surface area (Å²) in [4.78, 5) is 55.3. The Morgan fingerprint density at radius 3 is 2.23 bits per heavy atom. The first-order chi connectivity index (χ1) is 22.3. The number of nitrogens with one attached hydrogen (secondary N) is 2. The van der Waals surface area contributed by atoms with Crippen molar-refractivity contribution in [1.82, 2.24) is 15.5 Å². The number of benzene rings is 1. The molecule has 3 amide bonds. The number of nitrogens with zero attached hydrogens (tertiary/aromatic N) is 1. The van der Waals surface area contributed by atoms with Gasteiger partial charge in [-0.1, -0.05) is 63.4 Å². The number of carbonyl (C=O) groups is 4. The summed E-state index contributed by atoms with van der Waals surface area (Å²) in [5.74, 6) is -1.26. The lowest BCUT2D eigenvalue weighted by molar-refractivity contribution is -0.170. The molecular weight excluding hydrogens is 613 g/mol. The SMILES string of the molecule is CC[C@H](C)[C@H](NC(=O)OC(C)(C)C)C(=O)N[C@H]1CCN(C(C)=O)[C@@](CCCCB2OC(C)(C)C(C)(C)O2)(C(=O)OCc2ccccc2)C1. The number of hydrogen-bond acceptors (Lipinski definition) is 8. The van der Waals surface area contributed by atoms with E-state index in [1.807, 2.05) is 71.9 Å². The van der Waals surface area contributed by atoms with Crippen molar-refractivity contribution in [1.29, 1.82) is 0 Å². The molecule has 0 radical (unpaired) electrons. The van der Waals surface area contributed by atoms with Crippen LogP contribution in [-0.2, 0) is 39.8 Å². The maximum atomic E-state index is 14.2. The molecule has 1 aromatic rings. The highest BCUT2D eigenvalue weighted by atomic mass is 16.7. The van der Waals surface area contributed by atoms with Gasteiger partial charge in [0.15, 0.2) is 0 Å². The second kappa shape index (κ2) is 16.1. The zero-order valence-corrected chi connectivity index (χ0v) is 30.8. The molecule has 0 aromatic heterocycles. The Labute approximate surface area is 287 Å². The van der Waals surface area contributed by atoms with E-state index in [-0.39, 0.29) is 44.4 Å². The predicted octanol–water partition coefficient (Wildman–Crippen LogP) is 5.80. The largest absolute Gasteiger partial charge is 0.459 e. The molecule has 2 heterocycles. The van der Waals surface area contributed by atoms with Crippen molar-refractivity contribution in [2.75, 3.05) is 6.54 Å². The maximum Gasteiger partial charge on any atom is 0.457 e. The second-order valence-electron chi connectivity index (χ2n) is 15.4. The van der Waals surface area contributed by atoms with E-state index in [4.69, 9.17) is 18.8 Å².